The van der Waals surface area contributed by atoms with E-state index in [0.29, 0.717) is 18.1 Å². The lowest BCUT2D eigenvalue weighted by molar-refractivity contribution is 0.0171. The zero-order valence-electron chi connectivity index (χ0n) is 10.2. The number of rotatable bonds is 5. The third kappa shape index (κ3) is 4.42. The van der Waals surface area contributed by atoms with E-state index in [1.54, 1.807) is 18.3 Å². The summed E-state index contributed by atoms with van der Waals surface area (Å²) < 4.78 is 5.26. The fraction of sp³-hybridized carbons (Fsp3) is 0.583. The second-order valence-electron chi connectivity index (χ2n) is 4.31. The van der Waals surface area contributed by atoms with Crippen LogP contribution in [-0.2, 0) is 4.74 Å². The maximum Gasteiger partial charge on any atom is 0.126 e. The quantitative estimate of drug-likeness (QED) is 0.831. The summed E-state index contributed by atoms with van der Waals surface area (Å²) in [5.41, 5.74) is 0. The summed E-state index contributed by atoms with van der Waals surface area (Å²) in [5.74, 6) is 0.723. The van der Waals surface area contributed by atoms with Crippen molar-refractivity contribution in [3.05, 3.63) is 23.4 Å². The van der Waals surface area contributed by atoms with E-state index in [-0.39, 0.29) is 0 Å². The number of aromatic nitrogens is 1. The maximum atomic E-state index is 9.92. The summed E-state index contributed by atoms with van der Waals surface area (Å²) in [7, 11) is 0. The van der Waals surface area contributed by atoms with Crippen molar-refractivity contribution in [3.63, 3.8) is 0 Å². The van der Waals surface area contributed by atoms with Crippen LogP contribution in [0.4, 0.5) is 5.82 Å². The third-order valence-corrected chi connectivity index (χ3v) is 3.04. The normalized spacial score (nSPS) is 18.6. The standard InChI is InChI=1S/C12H18ClN3O2/c13-10-1-2-12(14-7-10)15-8-11(17)9-16-3-5-18-6-4-16/h1-2,7,11,17H,3-6,8-9H2,(H,14,15)/t11-/m0/s1. The van der Waals surface area contributed by atoms with Crippen molar-refractivity contribution in [2.45, 2.75) is 6.10 Å². The SMILES string of the molecule is O[C@@H](CNc1ccc(Cl)cn1)CN1CCOCC1. The van der Waals surface area contributed by atoms with E-state index in [2.05, 4.69) is 15.2 Å². The van der Waals surface area contributed by atoms with Gasteiger partial charge in [0.15, 0.2) is 0 Å². The molecule has 0 spiro atoms. The van der Waals surface area contributed by atoms with Crippen LogP contribution in [0.15, 0.2) is 18.3 Å². The Balaban J connectivity index is 1.70. The van der Waals surface area contributed by atoms with Crippen LogP contribution < -0.4 is 5.32 Å². The van der Waals surface area contributed by atoms with Gasteiger partial charge in [-0.25, -0.2) is 4.98 Å². The smallest absolute Gasteiger partial charge is 0.126 e. The maximum absolute atomic E-state index is 9.92. The van der Waals surface area contributed by atoms with E-state index in [0.717, 1.165) is 32.1 Å². The second-order valence-corrected chi connectivity index (χ2v) is 4.75. The number of morpholine rings is 1. The Kier molecular flexibility index (Phi) is 5.19. The van der Waals surface area contributed by atoms with Gasteiger partial charge in [0.2, 0.25) is 0 Å². The summed E-state index contributed by atoms with van der Waals surface area (Å²) in [6.45, 7) is 4.40. The van der Waals surface area contributed by atoms with Crippen LogP contribution in [0.5, 0.6) is 0 Å². The van der Waals surface area contributed by atoms with Gasteiger partial charge in [-0.15, -0.1) is 0 Å². The zero-order valence-corrected chi connectivity index (χ0v) is 10.9. The molecule has 1 saturated heterocycles. The number of aliphatic hydroxyl groups excluding tert-OH is 1. The van der Waals surface area contributed by atoms with Gasteiger partial charge in [0.25, 0.3) is 0 Å². The number of pyridine rings is 1. The van der Waals surface area contributed by atoms with Crippen molar-refractivity contribution < 1.29 is 9.84 Å². The second kappa shape index (κ2) is 6.89. The van der Waals surface area contributed by atoms with Crippen LogP contribution >= 0.6 is 11.6 Å². The minimum absolute atomic E-state index is 0.416. The lowest BCUT2D eigenvalue weighted by atomic mass is 10.3. The summed E-state index contributed by atoms with van der Waals surface area (Å²) in [4.78, 5) is 6.31. The summed E-state index contributed by atoms with van der Waals surface area (Å²) in [6, 6.07) is 3.56. The predicted octanol–water partition coefficient (Wildman–Crippen LogP) is 0.840. The fourth-order valence-corrected chi connectivity index (χ4v) is 1.96. The lowest BCUT2D eigenvalue weighted by Crippen LogP contribution is -2.42. The van der Waals surface area contributed by atoms with Gasteiger partial charge in [0, 0.05) is 32.4 Å². The molecule has 0 radical (unpaired) electrons. The number of hydrogen-bond acceptors (Lipinski definition) is 5. The number of aliphatic hydroxyl groups is 1. The average Bonchev–Trinajstić information content (AvgIpc) is 2.39. The van der Waals surface area contributed by atoms with E-state index in [1.807, 2.05) is 0 Å². The van der Waals surface area contributed by atoms with Crippen molar-refractivity contribution >= 4 is 17.4 Å². The van der Waals surface area contributed by atoms with Gasteiger partial charge < -0.3 is 15.2 Å². The van der Waals surface area contributed by atoms with E-state index < -0.39 is 6.10 Å². The van der Waals surface area contributed by atoms with Crippen molar-refractivity contribution in [2.24, 2.45) is 0 Å². The zero-order chi connectivity index (χ0) is 12.8. The number of ether oxygens (including phenoxy) is 1. The lowest BCUT2D eigenvalue weighted by Gasteiger charge is -2.28. The molecule has 2 rings (SSSR count). The van der Waals surface area contributed by atoms with Crippen LogP contribution in [0, 0.1) is 0 Å². The first-order valence-corrected chi connectivity index (χ1v) is 6.45. The highest BCUT2D eigenvalue weighted by molar-refractivity contribution is 6.30. The first-order valence-electron chi connectivity index (χ1n) is 6.07. The number of halogens is 1. The molecule has 2 N–H and O–H groups in total. The van der Waals surface area contributed by atoms with Gasteiger partial charge in [-0.1, -0.05) is 11.6 Å². The third-order valence-electron chi connectivity index (χ3n) is 2.82. The summed E-state index contributed by atoms with van der Waals surface area (Å²) in [5, 5.41) is 13.6. The van der Waals surface area contributed by atoms with E-state index >= 15 is 0 Å². The molecule has 2 heterocycles. The van der Waals surface area contributed by atoms with Crippen LogP contribution in [0.25, 0.3) is 0 Å². The number of hydrogen-bond donors (Lipinski definition) is 2. The minimum Gasteiger partial charge on any atom is -0.390 e. The Hall–Kier alpha value is -0.880. The molecule has 100 valence electrons. The van der Waals surface area contributed by atoms with Gasteiger partial charge in [-0.3, -0.25) is 4.90 Å². The van der Waals surface area contributed by atoms with Crippen molar-refractivity contribution in [1.29, 1.82) is 0 Å². The Morgan fingerprint density at radius 1 is 1.44 bits per heavy atom. The molecule has 6 heteroatoms. The highest BCUT2D eigenvalue weighted by Crippen LogP contribution is 2.09. The average molecular weight is 272 g/mol. The van der Waals surface area contributed by atoms with E-state index in [4.69, 9.17) is 16.3 Å². The molecule has 0 aliphatic carbocycles. The molecule has 0 amide bonds. The summed E-state index contributed by atoms with van der Waals surface area (Å²) in [6.07, 6.45) is 1.17. The Bertz CT molecular complexity index is 355. The van der Waals surface area contributed by atoms with Gasteiger partial charge in [-0.2, -0.15) is 0 Å². The number of nitrogens with one attached hydrogen (secondary N) is 1. The molecule has 1 aliphatic rings. The molecular formula is C12H18ClN3O2. The van der Waals surface area contributed by atoms with E-state index in [1.165, 1.54) is 0 Å². The highest BCUT2D eigenvalue weighted by atomic mass is 35.5. The van der Waals surface area contributed by atoms with Gasteiger partial charge >= 0.3 is 0 Å². The van der Waals surface area contributed by atoms with Crippen molar-refractivity contribution in [1.82, 2.24) is 9.88 Å². The molecular weight excluding hydrogens is 254 g/mol. The van der Waals surface area contributed by atoms with Crippen LogP contribution in [-0.4, -0.2) is 60.5 Å². The predicted molar refractivity (Wildman–Crippen MR) is 71.0 cm³/mol. The Morgan fingerprint density at radius 3 is 2.89 bits per heavy atom. The molecule has 0 saturated carbocycles. The molecule has 1 fully saturated rings. The van der Waals surface area contributed by atoms with Crippen molar-refractivity contribution in [2.75, 3.05) is 44.7 Å². The molecule has 0 bridgehead atoms. The molecule has 0 aromatic carbocycles. The van der Waals surface area contributed by atoms with Gasteiger partial charge in [0.1, 0.15) is 5.82 Å². The van der Waals surface area contributed by atoms with Crippen LogP contribution in [0.3, 0.4) is 0 Å². The Labute approximate surface area is 112 Å². The molecule has 5 nitrogen and oxygen atoms in total. The summed E-state index contributed by atoms with van der Waals surface area (Å²) >= 11 is 5.75. The van der Waals surface area contributed by atoms with Crippen LogP contribution in [0.1, 0.15) is 0 Å². The molecule has 1 aromatic rings. The number of β-amino-alcohol motifs (C(OH)–C–C–N with tert-alkyl or cyclic N) is 1. The minimum atomic E-state index is -0.416. The fourth-order valence-electron chi connectivity index (χ4n) is 1.85. The highest BCUT2D eigenvalue weighted by Gasteiger charge is 2.14. The van der Waals surface area contributed by atoms with Gasteiger partial charge in [0.05, 0.1) is 24.3 Å². The van der Waals surface area contributed by atoms with Crippen molar-refractivity contribution in [3.8, 4) is 0 Å². The Morgan fingerprint density at radius 2 is 2.22 bits per heavy atom. The van der Waals surface area contributed by atoms with Crippen LogP contribution in [0.2, 0.25) is 5.02 Å². The monoisotopic (exact) mass is 271 g/mol. The number of anilines is 1. The molecule has 18 heavy (non-hydrogen) atoms. The molecule has 1 aliphatic heterocycles. The largest absolute Gasteiger partial charge is 0.390 e. The molecule has 1 aromatic heterocycles. The molecule has 1 atom stereocenters. The number of nitrogens with zero attached hydrogens (tertiary/aromatic N) is 2. The van der Waals surface area contributed by atoms with Gasteiger partial charge in [-0.05, 0) is 12.1 Å². The first kappa shape index (κ1) is 13.5. The van der Waals surface area contributed by atoms with E-state index in [9.17, 15) is 5.11 Å². The topological polar surface area (TPSA) is 57.6 Å². The molecule has 0 unspecified atom stereocenters. The first-order chi connectivity index (χ1) is 8.74.